The Kier molecular flexibility index (Phi) is 4.95. The molecule has 0 atom stereocenters. The predicted molar refractivity (Wildman–Crippen MR) is 173 cm³/mol. The van der Waals surface area contributed by atoms with Crippen LogP contribution in [-0.4, -0.2) is 4.57 Å². The molecule has 0 amide bonds. The van der Waals surface area contributed by atoms with Crippen LogP contribution in [0.4, 0.5) is 17.1 Å². The lowest BCUT2D eigenvalue weighted by Crippen LogP contribution is -2.14. The highest BCUT2D eigenvalue weighted by Gasteiger charge is 2.25. The van der Waals surface area contributed by atoms with Gasteiger partial charge in [-0.15, -0.1) is 0 Å². The van der Waals surface area contributed by atoms with Crippen LogP contribution in [0.3, 0.4) is 0 Å². The number of hydrogen-bond acceptors (Lipinski definition) is 4. The average molecular weight is 559 g/mol. The fourth-order valence-electron chi connectivity index (χ4n) is 6.42. The molecule has 0 N–H and O–H groups in total. The van der Waals surface area contributed by atoms with Crippen LogP contribution in [-0.2, 0) is 0 Å². The summed E-state index contributed by atoms with van der Waals surface area (Å²) < 4.78 is 8.16. The van der Waals surface area contributed by atoms with Crippen molar-refractivity contribution in [1.82, 2.24) is 4.57 Å². The van der Waals surface area contributed by atoms with Crippen LogP contribution >= 0.6 is 11.8 Å². The van der Waals surface area contributed by atoms with Crippen molar-refractivity contribution in [3.63, 3.8) is 0 Å². The molecule has 2 aromatic heterocycles. The molecule has 4 nitrogen and oxygen atoms in total. The van der Waals surface area contributed by atoms with E-state index in [1.807, 2.05) is 42.1 Å². The van der Waals surface area contributed by atoms with Crippen molar-refractivity contribution < 1.29 is 4.42 Å². The number of nitrogens with zero attached hydrogens (tertiary/aromatic N) is 2. The molecule has 198 valence electrons. The highest BCUT2D eigenvalue weighted by Crippen LogP contribution is 2.51. The van der Waals surface area contributed by atoms with Crippen molar-refractivity contribution in [2.75, 3.05) is 4.90 Å². The summed E-state index contributed by atoms with van der Waals surface area (Å²) in [7, 11) is 0. The molecule has 0 bridgehead atoms. The summed E-state index contributed by atoms with van der Waals surface area (Å²) in [6, 6.07) is 46.1. The Morgan fingerprint density at radius 2 is 1.12 bits per heavy atom. The number of hydrogen-bond donors (Lipinski definition) is 0. The van der Waals surface area contributed by atoms with Crippen molar-refractivity contribution in [3.05, 3.63) is 144 Å². The molecular formula is C37H22N2O2S. The van der Waals surface area contributed by atoms with Crippen molar-refractivity contribution in [2.45, 2.75) is 9.79 Å². The van der Waals surface area contributed by atoms with Gasteiger partial charge < -0.3 is 13.9 Å². The number of para-hydroxylation sites is 3. The molecule has 0 unspecified atom stereocenters. The third-order valence-corrected chi connectivity index (χ3v) is 9.35. The average Bonchev–Trinajstić information content (AvgIpc) is 3.38. The number of rotatable bonds is 2. The molecule has 42 heavy (non-hydrogen) atoms. The first kappa shape index (κ1) is 23.4. The molecule has 3 heterocycles. The summed E-state index contributed by atoms with van der Waals surface area (Å²) in [5.74, 6) is 0. The molecule has 1 aliphatic rings. The molecule has 8 aromatic rings. The normalized spacial score (nSPS) is 12.7. The van der Waals surface area contributed by atoms with Crippen LogP contribution in [0, 0.1) is 0 Å². The second-order valence-corrected chi connectivity index (χ2v) is 11.6. The second kappa shape index (κ2) is 8.87. The SMILES string of the molecule is O=c1oc2ccc3c4ccccc4n(-c4ccc(N5c6ccccc6Sc6ccccc65)cc4)c3c2c2ccccc12. The van der Waals surface area contributed by atoms with Gasteiger partial charge in [-0.2, -0.15) is 0 Å². The highest BCUT2D eigenvalue weighted by atomic mass is 32.2. The van der Waals surface area contributed by atoms with Gasteiger partial charge in [-0.1, -0.05) is 72.4 Å². The molecule has 6 aromatic carbocycles. The molecule has 1 aliphatic heterocycles. The molecule has 0 saturated heterocycles. The number of benzene rings is 6. The minimum atomic E-state index is -0.315. The monoisotopic (exact) mass is 558 g/mol. The van der Waals surface area contributed by atoms with E-state index in [1.54, 1.807) is 0 Å². The predicted octanol–water partition coefficient (Wildman–Crippen LogP) is 9.98. The van der Waals surface area contributed by atoms with Gasteiger partial charge in [0.05, 0.1) is 33.2 Å². The molecule has 9 rings (SSSR count). The third kappa shape index (κ3) is 3.28. The fraction of sp³-hybridized carbons (Fsp3) is 0. The first-order valence-electron chi connectivity index (χ1n) is 13.9. The number of anilines is 3. The maximum Gasteiger partial charge on any atom is 0.344 e. The summed E-state index contributed by atoms with van der Waals surface area (Å²) >= 11 is 1.81. The molecule has 5 heteroatoms. The van der Waals surface area contributed by atoms with Gasteiger partial charge in [-0.3, -0.25) is 0 Å². The van der Waals surface area contributed by atoms with Crippen LogP contribution in [0.2, 0.25) is 0 Å². The minimum absolute atomic E-state index is 0.315. The lowest BCUT2D eigenvalue weighted by molar-refractivity contribution is 0.570. The third-order valence-electron chi connectivity index (χ3n) is 8.22. The van der Waals surface area contributed by atoms with Crippen molar-refractivity contribution in [3.8, 4) is 5.69 Å². The minimum Gasteiger partial charge on any atom is -0.422 e. The molecule has 0 saturated carbocycles. The van der Waals surface area contributed by atoms with Gasteiger partial charge in [0.2, 0.25) is 0 Å². The van der Waals surface area contributed by atoms with E-state index >= 15 is 0 Å². The Balaban J connectivity index is 1.31. The van der Waals surface area contributed by atoms with Crippen molar-refractivity contribution >= 4 is 72.4 Å². The first-order chi connectivity index (χ1) is 20.8. The summed E-state index contributed by atoms with van der Waals surface area (Å²) in [5, 5.41) is 4.71. The largest absolute Gasteiger partial charge is 0.422 e. The van der Waals surface area contributed by atoms with Gasteiger partial charge in [0.25, 0.3) is 0 Å². The van der Waals surface area contributed by atoms with Gasteiger partial charge in [0, 0.05) is 37.3 Å². The molecule has 0 aliphatic carbocycles. The smallest absolute Gasteiger partial charge is 0.344 e. The second-order valence-electron chi connectivity index (χ2n) is 10.5. The van der Waals surface area contributed by atoms with Gasteiger partial charge in [-0.05, 0) is 72.8 Å². The van der Waals surface area contributed by atoms with E-state index in [4.69, 9.17) is 4.42 Å². The fourth-order valence-corrected chi connectivity index (χ4v) is 7.48. The van der Waals surface area contributed by atoms with E-state index in [2.05, 4.69) is 113 Å². The number of aromatic nitrogens is 1. The van der Waals surface area contributed by atoms with E-state index in [-0.39, 0.29) is 5.63 Å². The number of fused-ring (bicyclic) bond motifs is 9. The van der Waals surface area contributed by atoms with E-state index in [9.17, 15) is 4.79 Å². The van der Waals surface area contributed by atoms with E-state index in [0.29, 0.717) is 11.0 Å². The lowest BCUT2D eigenvalue weighted by atomic mass is 10.0. The van der Waals surface area contributed by atoms with E-state index in [1.165, 1.54) is 21.2 Å². The zero-order valence-corrected chi connectivity index (χ0v) is 23.1. The Hall–Kier alpha value is -5.26. The molecule has 0 spiro atoms. The summed E-state index contributed by atoms with van der Waals surface area (Å²) in [6.45, 7) is 0. The van der Waals surface area contributed by atoms with Crippen LogP contribution < -0.4 is 10.5 Å². The van der Waals surface area contributed by atoms with Crippen LogP contribution in [0.5, 0.6) is 0 Å². The topological polar surface area (TPSA) is 38.4 Å². The van der Waals surface area contributed by atoms with E-state index < -0.39 is 0 Å². The van der Waals surface area contributed by atoms with Crippen LogP contribution in [0.25, 0.3) is 49.2 Å². The first-order valence-corrected chi connectivity index (χ1v) is 14.7. The Labute approximate surface area is 245 Å². The molecule has 0 radical (unpaired) electrons. The summed E-state index contributed by atoms with van der Waals surface area (Å²) in [6.07, 6.45) is 0. The zero-order valence-electron chi connectivity index (χ0n) is 22.3. The van der Waals surface area contributed by atoms with Crippen LogP contribution in [0.15, 0.2) is 152 Å². The quantitative estimate of drug-likeness (QED) is 0.156. The summed E-state index contributed by atoms with van der Waals surface area (Å²) in [4.78, 5) is 17.7. The van der Waals surface area contributed by atoms with Crippen molar-refractivity contribution in [1.29, 1.82) is 0 Å². The Morgan fingerprint density at radius 1 is 0.524 bits per heavy atom. The molecule has 0 fully saturated rings. The zero-order chi connectivity index (χ0) is 27.8. The standard InChI is InChI=1S/C37H22N2O2S/c40-37-28-11-2-1-10-26(28)35-32(41-37)22-21-27-25-9-3-4-12-29(25)39(36(27)35)24-19-17-23(18-20-24)38-30-13-5-7-15-33(30)42-34-16-8-6-14-31(34)38/h1-22H. The highest BCUT2D eigenvalue weighted by molar-refractivity contribution is 7.99. The Morgan fingerprint density at radius 3 is 1.86 bits per heavy atom. The van der Waals surface area contributed by atoms with Crippen LogP contribution in [0.1, 0.15) is 0 Å². The van der Waals surface area contributed by atoms with Gasteiger partial charge in [0.1, 0.15) is 5.58 Å². The maximum atomic E-state index is 12.8. The Bertz CT molecular complexity index is 2380. The molecular weight excluding hydrogens is 536 g/mol. The van der Waals surface area contributed by atoms with Crippen molar-refractivity contribution in [2.24, 2.45) is 0 Å². The van der Waals surface area contributed by atoms with Gasteiger partial charge in [0.15, 0.2) is 0 Å². The summed E-state index contributed by atoms with van der Waals surface area (Å²) in [5.41, 5.74) is 6.91. The van der Waals surface area contributed by atoms with Gasteiger partial charge in [-0.25, -0.2) is 4.79 Å². The van der Waals surface area contributed by atoms with Gasteiger partial charge >= 0.3 is 5.63 Å². The lowest BCUT2D eigenvalue weighted by Gasteiger charge is -2.32. The van der Waals surface area contributed by atoms with E-state index in [0.717, 1.165) is 44.0 Å². The maximum absolute atomic E-state index is 12.8.